The quantitative estimate of drug-likeness (QED) is 0.638. The molecule has 0 saturated carbocycles. The molecule has 0 aliphatic carbocycles. The van der Waals surface area contributed by atoms with Crippen molar-refractivity contribution in [3.8, 4) is 11.5 Å². The zero-order chi connectivity index (χ0) is 18.5. The first-order valence-electron chi connectivity index (χ1n) is 7.51. The smallest absolute Gasteiger partial charge is 0.331 e. The molecule has 1 N–H and O–H groups in total. The molecule has 1 heterocycles. The number of para-hydroxylation sites is 1. The number of hydrogen-bond acceptors (Lipinski definition) is 5. The van der Waals surface area contributed by atoms with Gasteiger partial charge in [0.2, 0.25) is 6.79 Å². The lowest BCUT2D eigenvalue weighted by molar-refractivity contribution is -0.142. The van der Waals surface area contributed by atoms with Gasteiger partial charge < -0.3 is 19.5 Å². The van der Waals surface area contributed by atoms with Gasteiger partial charge in [-0.05, 0) is 35.9 Å². The lowest BCUT2D eigenvalue weighted by Crippen LogP contribution is -2.20. The summed E-state index contributed by atoms with van der Waals surface area (Å²) in [6, 6.07) is 8.94. The number of anilines is 1. The predicted molar refractivity (Wildman–Crippen MR) is 92.6 cm³/mol. The van der Waals surface area contributed by atoms with Crippen molar-refractivity contribution in [1.29, 1.82) is 0 Å². The number of nitrogens with one attached hydrogen (secondary N) is 1. The van der Waals surface area contributed by atoms with E-state index in [1.54, 1.807) is 18.2 Å². The number of hydrogen-bond donors (Lipinski definition) is 1. The predicted octanol–water partition coefficient (Wildman–Crippen LogP) is 3.40. The van der Waals surface area contributed by atoms with Crippen LogP contribution in [-0.2, 0) is 14.3 Å². The van der Waals surface area contributed by atoms with Crippen molar-refractivity contribution >= 4 is 35.2 Å². The first-order valence-corrected chi connectivity index (χ1v) is 7.89. The molecule has 2 aromatic rings. The van der Waals surface area contributed by atoms with E-state index in [-0.39, 0.29) is 12.5 Å². The third kappa shape index (κ3) is 4.31. The van der Waals surface area contributed by atoms with Crippen molar-refractivity contribution in [2.75, 3.05) is 18.7 Å². The topological polar surface area (TPSA) is 73.9 Å². The Hall–Kier alpha value is -3.06. The maximum absolute atomic E-state index is 13.4. The molecule has 2 aromatic carbocycles. The highest BCUT2D eigenvalue weighted by Gasteiger charge is 2.17. The summed E-state index contributed by atoms with van der Waals surface area (Å²) in [4.78, 5) is 23.4. The molecule has 0 bridgehead atoms. The highest BCUT2D eigenvalue weighted by Crippen LogP contribution is 2.40. The van der Waals surface area contributed by atoms with Crippen LogP contribution in [0.25, 0.3) is 6.08 Å². The highest BCUT2D eigenvalue weighted by atomic mass is 35.5. The Morgan fingerprint density at radius 2 is 2.08 bits per heavy atom. The minimum atomic E-state index is -0.734. The van der Waals surface area contributed by atoms with Crippen LogP contribution in [0.3, 0.4) is 0 Å². The van der Waals surface area contributed by atoms with E-state index in [1.165, 1.54) is 24.3 Å². The molecule has 1 amide bonds. The van der Waals surface area contributed by atoms with Gasteiger partial charge in [0.1, 0.15) is 5.82 Å². The van der Waals surface area contributed by atoms with Crippen molar-refractivity contribution in [3.63, 3.8) is 0 Å². The zero-order valence-corrected chi connectivity index (χ0v) is 14.1. The Balaban J connectivity index is 1.53. The standard InChI is InChI=1S/C18H13ClFNO5/c19-12-7-11(8-15-18(12)26-10-25-15)5-6-17(23)24-9-16(22)21-14-4-2-1-3-13(14)20/h1-8H,9-10H2,(H,21,22)/b6-5+. The maximum Gasteiger partial charge on any atom is 0.331 e. The third-order valence-electron chi connectivity index (χ3n) is 3.35. The van der Waals surface area contributed by atoms with Crippen molar-refractivity contribution in [2.45, 2.75) is 0 Å². The summed E-state index contributed by atoms with van der Waals surface area (Å²) in [5, 5.41) is 2.67. The number of benzene rings is 2. The minimum Gasteiger partial charge on any atom is -0.454 e. The zero-order valence-electron chi connectivity index (χ0n) is 13.3. The van der Waals surface area contributed by atoms with Crippen LogP contribution in [0, 0.1) is 5.82 Å². The van der Waals surface area contributed by atoms with Gasteiger partial charge in [-0.2, -0.15) is 0 Å². The molecule has 3 rings (SSSR count). The van der Waals surface area contributed by atoms with Crippen molar-refractivity contribution in [3.05, 3.63) is 58.9 Å². The van der Waals surface area contributed by atoms with E-state index in [1.807, 2.05) is 0 Å². The Bertz CT molecular complexity index is 884. The van der Waals surface area contributed by atoms with E-state index in [0.717, 1.165) is 6.08 Å². The fraction of sp³-hybridized carbons (Fsp3) is 0.111. The maximum atomic E-state index is 13.4. The molecule has 8 heteroatoms. The lowest BCUT2D eigenvalue weighted by Gasteiger charge is -2.06. The van der Waals surface area contributed by atoms with Gasteiger partial charge in [0.15, 0.2) is 18.1 Å². The summed E-state index contributed by atoms with van der Waals surface area (Å²) in [6.07, 6.45) is 2.61. The van der Waals surface area contributed by atoms with Gasteiger partial charge in [-0.3, -0.25) is 4.79 Å². The number of fused-ring (bicyclic) bond motifs is 1. The summed E-state index contributed by atoms with van der Waals surface area (Å²) in [6.45, 7) is -0.458. The van der Waals surface area contributed by atoms with Crippen molar-refractivity contribution in [1.82, 2.24) is 0 Å². The molecule has 0 spiro atoms. The van der Waals surface area contributed by atoms with Crippen LogP contribution >= 0.6 is 11.6 Å². The first-order chi connectivity index (χ1) is 12.5. The van der Waals surface area contributed by atoms with Gasteiger partial charge in [0, 0.05) is 6.08 Å². The monoisotopic (exact) mass is 377 g/mol. The molecule has 0 fully saturated rings. The summed E-state index contributed by atoms with van der Waals surface area (Å²) < 4.78 is 28.7. The molecule has 1 aliphatic heterocycles. The van der Waals surface area contributed by atoms with E-state index >= 15 is 0 Å². The van der Waals surface area contributed by atoms with Crippen LogP contribution in [0.2, 0.25) is 5.02 Å². The van der Waals surface area contributed by atoms with Crippen molar-refractivity contribution < 1.29 is 28.2 Å². The van der Waals surface area contributed by atoms with Crippen LogP contribution in [0.5, 0.6) is 11.5 Å². The van der Waals surface area contributed by atoms with Crippen molar-refractivity contribution in [2.24, 2.45) is 0 Å². The molecule has 6 nitrogen and oxygen atoms in total. The number of esters is 1. The highest BCUT2D eigenvalue weighted by molar-refractivity contribution is 6.32. The molecule has 0 atom stereocenters. The van der Waals surface area contributed by atoms with Gasteiger partial charge in [-0.15, -0.1) is 0 Å². The van der Waals surface area contributed by atoms with Crippen LogP contribution < -0.4 is 14.8 Å². The Kier molecular flexibility index (Phi) is 5.38. The average Bonchev–Trinajstić information content (AvgIpc) is 3.09. The summed E-state index contributed by atoms with van der Waals surface area (Å²) in [5.74, 6) is -1.02. The van der Waals surface area contributed by atoms with E-state index in [0.29, 0.717) is 22.1 Å². The fourth-order valence-electron chi connectivity index (χ4n) is 2.18. The van der Waals surface area contributed by atoms with Gasteiger partial charge in [0.05, 0.1) is 10.7 Å². The lowest BCUT2D eigenvalue weighted by atomic mass is 10.2. The second-order valence-electron chi connectivity index (χ2n) is 5.21. The number of halogens is 2. The summed E-state index contributed by atoms with van der Waals surface area (Å²) in [5.41, 5.74) is 0.617. The van der Waals surface area contributed by atoms with Gasteiger partial charge in [-0.1, -0.05) is 23.7 Å². The molecule has 0 unspecified atom stereocenters. The minimum absolute atomic E-state index is 0.0130. The third-order valence-corrected chi connectivity index (χ3v) is 3.64. The Morgan fingerprint density at radius 3 is 2.88 bits per heavy atom. The van der Waals surface area contributed by atoms with E-state index in [2.05, 4.69) is 5.32 Å². The second kappa shape index (κ2) is 7.88. The molecule has 0 aromatic heterocycles. The van der Waals surface area contributed by atoms with E-state index in [4.69, 9.17) is 25.8 Å². The average molecular weight is 378 g/mol. The van der Waals surface area contributed by atoms with Crippen LogP contribution in [0.4, 0.5) is 10.1 Å². The molecule has 134 valence electrons. The largest absolute Gasteiger partial charge is 0.454 e. The molecular weight excluding hydrogens is 365 g/mol. The summed E-state index contributed by atoms with van der Waals surface area (Å²) >= 11 is 6.04. The normalized spacial score (nSPS) is 12.2. The van der Waals surface area contributed by atoms with Gasteiger partial charge >= 0.3 is 5.97 Å². The molecule has 26 heavy (non-hydrogen) atoms. The molecule has 1 aliphatic rings. The van der Waals surface area contributed by atoms with E-state index < -0.39 is 24.3 Å². The van der Waals surface area contributed by atoms with E-state index in [9.17, 15) is 14.0 Å². The molecule has 0 saturated heterocycles. The number of carbonyl (C=O) groups is 2. The van der Waals surface area contributed by atoms with Crippen LogP contribution in [0.15, 0.2) is 42.5 Å². The summed E-state index contributed by atoms with van der Waals surface area (Å²) in [7, 11) is 0. The number of carbonyl (C=O) groups excluding carboxylic acids is 2. The van der Waals surface area contributed by atoms with Crippen LogP contribution in [0.1, 0.15) is 5.56 Å². The number of ether oxygens (including phenoxy) is 3. The molecule has 0 radical (unpaired) electrons. The van der Waals surface area contributed by atoms with Gasteiger partial charge in [0.25, 0.3) is 5.91 Å². The van der Waals surface area contributed by atoms with Crippen LogP contribution in [-0.4, -0.2) is 25.3 Å². The first kappa shape index (κ1) is 17.8. The van der Waals surface area contributed by atoms with Gasteiger partial charge in [-0.25, -0.2) is 9.18 Å². The Labute approximate surface area is 153 Å². The molecular formula is C18H13ClFNO5. The SMILES string of the molecule is O=C(COC(=O)/C=C/c1cc(Cl)c2c(c1)OCO2)Nc1ccccc1F. The fourth-order valence-corrected chi connectivity index (χ4v) is 2.46. The Morgan fingerprint density at radius 1 is 1.27 bits per heavy atom. The second-order valence-corrected chi connectivity index (χ2v) is 5.61. The number of rotatable bonds is 5. The number of amides is 1.